The van der Waals surface area contributed by atoms with Gasteiger partial charge in [0.15, 0.2) is 0 Å². The van der Waals surface area contributed by atoms with Gasteiger partial charge in [0.1, 0.15) is 16.6 Å². The van der Waals surface area contributed by atoms with Gasteiger partial charge in [-0.25, -0.2) is 4.98 Å². The molecule has 1 atom stereocenters. The molecule has 3 N–H and O–H groups in total. The van der Waals surface area contributed by atoms with Crippen LogP contribution in [0.3, 0.4) is 0 Å². The van der Waals surface area contributed by atoms with Crippen LogP contribution in [0.5, 0.6) is 0 Å². The van der Waals surface area contributed by atoms with Crippen molar-refractivity contribution in [2.45, 2.75) is 12.6 Å². The molecule has 0 bridgehead atoms. The second-order valence-electron chi connectivity index (χ2n) is 4.68. The monoisotopic (exact) mass is 294 g/mol. The van der Waals surface area contributed by atoms with Crippen molar-refractivity contribution >= 4 is 27.5 Å². The van der Waals surface area contributed by atoms with E-state index in [-0.39, 0.29) is 5.56 Å². The summed E-state index contributed by atoms with van der Waals surface area (Å²) in [5.74, 6) is -0.356. The lowest BCUT2D eigenvalue weighted by Gasteiger charge is -2.32. The first-order chi connectivity index (χ1) is 9.65. The molecule has 1 aliphatic rings. The number of H-pyrrole nitrogens is 1. The smallest absolute Gasteiger partial charge is 0.322 e. The van der Waals surface area contributed by atoms with Gasteiger partial charge >= 0.3 is 5.97 Å². The molecule has 2 aromatic heterocycles. The van der Waals surface area contributed by atoms with Crippen molar-refractivity contribution in [3.05, 3.63) is 27.6 Å². The second-order valence-corrected chi connectivity index (χ2v) is 5.59. The molecule has 0 aromatic carbocycles. The number of carboxylic acid groups (broad SMARTS) is 1. The van der Waals surface area contributed by atoms with E-state index in [0.29, 0.717) is 35.7 Å². The number of aromatic amines is 1. The van der Waals surface area contributed by atoms with E-state index in [4.69, 9.17) is 0 Å². The molecule has 7 nitrogen and oxygen atoms in total. The van der Waals surface area contributed by atoms with Crippen molar-refractivity contribution in [2.75, 3.05) is 19.6 Å². The van der Waals surface area contributed by atoms with Gasteiger partial charge in [0.25, 0.3) is 5.56 Å². The first-order valence-electron chi connectivity index (χ1n) is 6.29. The molecule has 0 spiro atoms. The molecule has 1 aliphatic heterocycles. The second kappa shape index (κ2) is 5.31. The van der Waals surface area contributed by atoms with Crippen molar-refractivity contribution in [3.8, 4) is 0 Å². The van der Waals surface area contributed by atoms with Gasteiger partial charge in [-0.15, -0.1) is 11.3 Å². The summed E-state index contributed by atoms with van der Waals surface area (Å²) in [7, 11) is 0. The summed E-state index contributed by atoms with van der Waals surface area (Å²) >= 11 is 1.35. The number of fused-ring (bicyclic) bond motifs is 1. The lowest BCUT2D eigenvalue weighted by atomic mass is 10.2. The fourth-order valence-electron chi connectivity index (χ4n) is 2.37. The van der Waals surface area contributed by atoms with E-state index >= 15 is 0 Å². The van der Waals surface area contributed by atoms with Crippen LogP contribution >= 0.6 is 11.3 Å². The number of piperazine rings is 1. The Hall–Kier alpha value is -1.77. The standard InChI is InChI=1S/C12H14N4O3S/c17-11-10-7(1-4-20-10)14-9(15-11)6-16-3-2-13-5-8(16)12(18)19/h1,4,8,13H,2-3,5-6H2,(H,18,19)(H,14,15,17). The average molecular weight is 294 g/mol. The number of hydrogen-bond donors (Lipinski definition) is 3. The van der Waals surface area contributed by atoms with E-state index in [1.165, 1.54) is 11.3 Å². The van der Waals surface area contributed by atoms with Crippen molar-refractivity contribution in [1.29, 1.82) is 0 Å². The number of hydrogen-bond acceptors (Lipinski definition) is 6. The van der Waals surface area contributed by atoms with Crippen molar-refractivity contribution in [1.82, 2.24) is 20.2 Å². The highest BCUT2D eigenvalue weighted by molar-refractivity contribution is 7.17. The Morgan fingerprint density at radius 2 is 2.45 bits per heavy atom. The van der Waals surface area contributed by atoms with Gasteiger partial charge in [-0.05, 0) is 11.4 Å². The topological polar surface area (TPSA) is 98.3 Å². The highest BCUT2D eigenvalue weighted by atomic mass is 32.1. The van der Waals surface area contributed by atoms with E-state index < -0.39 is 12.0 Å². The van der Waals surface area contributed by atoms with Crippen molar-refractivity contribution < 1.29 is 9.90 Å². The number of carboxylic acids is 1. The summed E-state index contributed by atoms with van der Waals surface area (Å²) in [5, 5.41) is 14.1. The minimum absolute atomic E-state index is 0.165. The van der Waals surface area contributed by atoms with Crippen molar-refractivity contribution in [3.63, 3.8) is 0 Å². The molecule has 1 fully saturated rings. The third-order valence-corrected chi connectivity index (χ3v) is 4.26. The first-order valence-corrected chi connectivity index (χ1v) is 7.17. The minimum atomic E-state index is -0.865. The molecule has 1 saturated heterocycles. The van der Waals surface area contributed by atoms with E-state index in [1.54, 1.807) is 6.07 Å². The number of thiophene rings is 1. The third-order valence-electron chi connectivity index (χ3n) is 3.36. The zero-order valence-corrected chi connectivity index (χ0v) is 11.4. The van der Waals surface area contributed by atoms with Crippen LogP contribution in [0, 0.1) is 0 Å². The Morgan fingerprint density at radius 1 is 1.60 bits per heavy atom. The van der Waals surface area contributed by atoms with Gasteiger partial charge in [0.2, 0.25) is 0 Å². The first kappa shape index (κ1) is 13.2. The summed E-state index contributed by atoms with van der Waals surface area (Å²) in [6, 6.07) is 1.21. The molecule has 2 aromatic rings. The Morgan fingerprint density at radius 3 is 3.25 bits per heavy atom. The molecule has 0 radical (unpaired) electrons. The summed E-state index contributed by atoms with van der Waals surface area (Å²) in [6.45, 7) is 2.08. The van der Waals surface area contributed by atoms with Crippen LogP contribution in [0.2, 0.25) is 0 Å². The van der Waals surface area contributed by atoms with E-state index in [0.717, 1.165) is 6.54 Å². The van der Waals surface area contributed by atoms with Crippen LogP contribution in [0.1, 0.15) is 5.82 Å². The lowest BCUT2D eigenvalue weighted by molar-refractivity contribution is -0.144. The molecule has 20 heavy (non-hydrogen) atoms. The summed E-state index contributed by atoms with van der Waals surface area (Å²) in [5.41, 5.74) is 0.498. The number of aromatic nitrogens is 2. The predicted octanol–water partition coefficient (Wildman–Crippen LogP) is -0.157. The number of aliphatic carboxylic acids is 1. The molecule has 3 heterocycles. The predicted molar refractivity (Wildman–Crippen MR) is 74.9 cm³/mol. The van der Waals surface area contributed by atoms with Crippen LogP contribution in [0.25, 0.3) is 10.2 Å². The number of carbonyl (C=O) groups is 1. The zero-order chi connectivity index (χ0) is 14.1. The van der Waals surface area contributed by atoms with Gasteiger partial charge in [-0.1, -0.05) is 0 Å². The molecule has 0 amide bonds. The number of rotatable bonds is 3. The minimum Gasteiger partial charge on any atom is -0.480 e. The highest BCUT2D eigenvalue weighted by Gasteiger charge is 2.28. The quantitative estimate of drug-likeness (QED) is 0.728. The fourth-order valence-corrected chi connectivity index (χ4v) is 3.09. The van der Waals surface area contributed by atoms with E-state index in [2.05, 4.69) is 15.3 Å². The zero-order valence-electron chi connectivity index (χ0n) is 10.6. The molecular weight excluding hydrogens is 280 g/mol. The fraction of sp³-hybridized carbons (Fsp3) is 0.417. The van der Waals surface area contributed by atoms with Gasteiger partial charge in [0.05, 0.1) is 12.1 Å². The molecule has 0 saturated carbocycles. The van der Waals surface area contributed by atoms with Crippen molar-refractivity contribution in [2.24, 2.45) is 0 Å². The van der Waals surface area contributed by atoms with Crippen LogP contribution in [0.15, 0.2) is 16.2 Å². The maximum absolute atomic E-state index is 11.9. The number of nitrogens with zero attached hydrogens (tertiary/aromatic N) is 2. The van der Waals surface area contributed by atoms with Gasteiger partial charge in [0, 0.05) is 19.6 Å². The largest absolute Gasteiger partial charge is 0.480 e. The molecule has 0 aliphatic carbocycles. The third kappa shape index (κ3) is 2.45. The van der Waals surface area contributed by atoms with Gasteiger partial charge in [-0.2, -0.15) is 0 Å². The molecule has 1 unspecified atom stereocenters. The molecule has 8 heteroatoms. The Balaban J connectivity index is 1.87. The normalized spacial score (nSPS) is 20.3. The number of nitrogens with one attached hydrogen (secondary N) is 2. The van der Waals surface area contributed by atoms with E-state index in [1.807, 2.05) is 10.3 Å². The molecule has 3 rings (SSSR count). The maximum atomic E-state index is 11.9. The van der Waals surface area contributed by atoms with Crippen LogP contribution in [0.4, 0.5) is 0 Å². The summed E-state index contributed by atoms with van der Waals surface area (Å²) in [4.78, 5) is 32.0. The summed E-state index contributed by atoms with van der Waals surface area (Å²) < 4.78 is 0.601. The van der Waals surface area contributed by atoms with E-state index in [9.17, 15) is 14.7 Å². The average Bonchev–Trinajstić information content (AvgIpc) is 2.88. The molecular formula is C12H14N4O3S. The van der Waals surface area contributed by atoms with Crippen LogP contribution < -0.4 is 10.9 Å². The Labute approximate surface area is 118 Å². The SMILES string of the molecule is O=C(O)C1CNCCN1Cc1nc2ccsc2c(=O)[nH]1. The Kier molecular flexibility index (Phi) is 3.51. The van der Waals surface area contributed by atoms with Crippen LogP contribution in [-0.4, -0.2) is 51.6 Å². The Bertz CT molecular complexity index is 695. The van der Waals surface area contributed by atoms with Crippen LogP contribution in [-0.2, 0) is 11.3 Å². The highest BCUT2D eigenvalue weighted by Crippen LogP contribution is 2.15. The molecule has 106 valence electrons. The summed E-state index contributed by atoms with van der Waals surface area (Å²) in [6.07, 6.45) is 0. The maximum Gasteiger partial charge on any atom is 0.322 e. The van der Waals surface area contributed by atoms with Gasteiger partial charge in [-0.3, -0.25) is 14.5 Å². The lowest BCUT2D eigenvalue weighted by Crippen LogP contribution is -2.54. The van der Waals surface area contributed by atoms with Gasteiger partial charge < -0.3 is 15.4 Å².